The second-order valence-electron chi connectivity index (χ2n) is 4.82. The van der Waals surface area contributed by atoms with Crippen LogP contribution in [0.3, 0.4) is 0 Å². The molecule has 2 rings (SSSR count). The van der Waals surface area contributed by atoms with Crippen LogP contribution in [-0.2, 0) is 0 Å². The van der Waals surface area contributed by atoms with Crippen molar-refractivity contribution < 1.29 is 9.59 Å². The highest BCUT2D eigenvalue weighted by molar-refractivity contribution is 5.99. The molecule has 1 aromatic rings. The zero-order chi connectivity index (χ0) is 13.8. The molecule has 0 bridgehead atoms. The zero-order valence-corrected chi connectivity index (χ0v) is 12.3. The van der Waals surface area contributed by atoms with Gasteiger partial charge in [0.05, 0.1) is 0 Å². The monoisotopic (exact) mass is 297 g/mol. The van der Waals surface area contributed by atoms with Crippen LogP contribution in [0, 0.1) is 0 Å². The largest absolute Gasteiger partial charge is 0.366 e. The minimum atomic E-state index is -0.513. The third-order valence-corrected chi connectivity index (χ3v) is 3.51. The van der Waals surface area contributed by atoms with E-state index < -0.39 is 5.91 Å². The summed E-state index contributed by atoms with van der Waals surface area (Å²) in [6, 6.07) is 6.93. The highest BCUT2D eigenvalue weighted by atomic mass is 35.5. The van der Waals surface area contributed by atoms with Gasteiger partial charge in [0.1, 0.15) is 0 Å². The molecule has 6 heteroatoms. The van der Waals surface area contributed by atoms with Crippen molar-refractivity contribution in [2.24, 2.45) is 5.73 Å². The lowest BCUT2D eigenvalue weighted by atomic mass is 10.0. The maximum Gasteiger partial charge on any atom is 0.253 e. The number of hydrogen-bond donors (Lipinski definition) is 2. The van der Waals surface area contributed by atoms with E-state index in [9.17, 15) is 9.59 Å². The van der Waals surface area contributed by atoms with Crippen molar-refractivity contribution in [2.45, 2.75) is 18.9 Å². The predicted octanol–water partition coefficient (Wildman–Crippen LogP) is 1.03. The number of likely N-dealkylation sites (N-methyl/N-ethyl adjacent to an activating group) is 1. The van der Waals surface area contributed by atoms with Gasteiger partial charge in [-0.2, -0.15) is 0 Å². The van der Waals surface area contributed by atoms with Crippen LogP contribution in [-0.4, -0.2) is 42.9 Å². The Kier molecular flexibility index (Phi) is 5.98. The summed E-state index contributed by atoms with van der Waals surface area (Å²) in [6.07, 6.45) is 2.08. The van der Waals surface area contributed by atoms with Crippen molar-refractivity contribution in [3.63, 3.8) is 0 Å². The number of piperidine rings is 1. The second-order valence-corrected chi connectivity index (χ2v) is 4.82. The lowest BCUT2D eigenvalue weighted by Gasteiger charge is -2.32. The third kappa shape index (κ3) is 3.71. The molecule has 20 heavy (non-hydrogen) atoms. The van der Waals surface area contributed by atoms with Gasteiger partial charge in [-0.1, -0.05) is 6.07 Å². The fraction of sp³-hybridized carbons (Fsp3) is 0.429. The first kappa shape index (κ1) is 16.5. The minimum absolute atomic E-state index is 0. The van der Waals surface area contributed by atoms with E-state index in [1.165, 1.54) is 0 Å². The summed E-state index contributed by atoms with van der Waals surface area (Å²) < 4.78 is 0. The average molecular weight is 298 g/mol. The van der Waals surface area contributed by atoms with Gasteiger partial charge in [0.15, 0.2) is 0 Å². The first-order valence-electron chi connectivity index (χ1n) is 6.48. The second kappa shape index (κ2) is 7.26. The lowest BCUT2D eigenvalue weighted by Crippen LogP contribution is -2.47. The van der Waals surface area contributed by atoms with Gasteiger partial charge in [0.25, 0.3) is 5.91 Å². The Labute approximate surface area is 124 Å². The fourth-order valence-corrected chi connectivity index (χ4v) is 2.39. The lowest BCUT2D eigenvalue weighted by molar-refractivity contribution is 0.0698. The molecule has 1 aliphatic rings. The molecule has 0 radical (unpaired) electrons. The summed E-state index contributed by atoms with van der Waals surface area (Å²) >= 11 is 0. The van der Waals surface area contributed by atoms with E-state index in [4.69, 9.17) is 5.73 Å². The number of benzene rings is 1. The third-order valence-electron chi connectivity index (χ3n) is 3.51. The van der Waals surface area contributed by atoms with Gasteiger partial charge in [-0.05, 0) is 38.1 Å². The fourth-order valence-electron chi connectivity index (χ4n) is 2.39. The number of nitrogens with two attached hydrogens (primary N) is 1. The van der Waals surface area contributed by atoms with Crippen molar-refractivity contribution in [3.05, 3.63) is 35.4 Å². The Morgan fingerprint density at radius 3 is 2.70 bits per heavy atom. The van der Waals surface area contributed by atoms with E-state index in [0.29, 0.717) is 23.7 Å². The van der Waals surface area contributed by atoms with E-state index >= 15 is 0 Å². The topological polar surface area (TPSA) is 75.4 Å². The first-order valence-corrected chi connectivity index (χ1v) is 6.48. The highest BCUT2D eigenvalue weighted by Crippen LogP contribution is 2.14. The summed E-state index contributed by atoms with van der Waals surface area (Å²) in [7, 11) is 1.91. The molecular weight excluding hydrogens is 278 g/mol. The number of nitrogens with zero attached hydrogens (tertiary/aromatic N) is 1. The van der Waals surface area contributed by atoms with Crippen LogP contribution in [0.5, 0.6) is 0 Å². The van der Waals surface area contributed by atoms with Crippen LogP contribution < -0.4 is 11.1 Å². The Morgan fingerprint density at radius 2 is 2.05 bits per heavy atom. The minimum Gasteiger partial charge on any atom is -0.366 e. The SMILES string of the molecule is CNC1CCCN(C(=O)c2cccc(C(N)=O)c2)C1.Cl. The summed E-state index contributed by atoms with van der Waals surface area (Å²) in [6.45, 7) is 1.47. The highest BCUT2D eigenvalue weighted by Gasteiger charge is 2.23. The van der Waals surface area contributed by atoms with E-state index in [-0.39, 0.29) is 18.3 Å². The molecule has 1 aromatic carbocycles. The van der Waals surface area contributed by atoms with Crippen molar-refractivity contribution in [1.29, 1.82) is 0 Å². The van der Waals surface area contributed by atoms with Crippen molar-refractivity contribution in [2.75, 3.05) is 20.1 Å². The predicted molar refractivity (Wildman–Crippen MR) is 80.2 cm³/mol. The summed E-state index contributed by atoms with van der Waals surface area (Å²) in [5.74, 6) is -0.551. The number of likely N-dealkylation sites (tertiary alicyclic amines) is 1. The molecule has 1 fully saturated rings. The molecule has 1 unspecified atom stereocenters. The van der Waals surface area contributed by atoms with Crippen LogP contribution >= 0.6 is 12.4 Å². The molecule has 0 saturated carbocycles. The molecule has 1 saturated heterocycles. The molecular formula is C14H20ClN3O2. The quantitative estimate of drug-likeness (QED) is 0.875. The van der Waals surface area contributed by atoms with E-state index in [1.807, 2.05) is 11.9 Å². The summed E-state index contributed by atoms with van der Waals surface area (Å²) in [4.78, 5) is 25.3. The van der Waals surface area contributed by atoms with Crippen LogP contribution in [0.4, 0.5) is 0 Å². The number of primary amides is 1. The molecule has 3 N–H and O–H groups in total. The molecule has 1 aliphatic heterocycles. The first-order chi connectivity index (χ1) is 9.11. The van der Waals surface area contributed by atoms with Gasteiger partial charge in [0.2, 0.25) is 5.91 Å². The molecule has 0 aromatic heterocycles. The average Bonchev–Trinajstić information content (AvgIpc) is 2.46. The van der Waals surface area contributed by atoms with E-state index in [0.717, 1.165) is 19.4 Å². The van der Waals surface area contributed by atoms with Gasteiger partial charge in [-0.15, -0.1) is 12.4 Å². The number of carbonyl (C=O) groups is 2. The molecule has 0 spiro atoms. The van der Waals surface area contributed by atoms with E-state index in [1.54, 1.807) is 24.3 Å². The number of nitrogens with one attached hydrogen (secondary N) is 1. The molecule has 1 heterocycles. The molecule has 110 valence electrons. The number of carbonyl (C=O) groups excluding carboxylic acids is 2. The van der Waals surface area contributed by atoms with Crippen LogP contribution in [0.2, 0.25) is 0 Å². The van der Waals surface area contributed by atoms with Crippen LogP contribution in [0.15, 0.2) is 24.3 Å². The van der Waals surface area contributed by atoms with Crippen molar-refractivity contribution in [1.82, 2.24) is 10.2 Å². The maximum absolute atomic E-state index is 12.4. The van der Waals surface area contributed by atoms with Gasteiger partial charge in [-0.3, -0.25) is 9.59 Å². The maximum atomic E-state index is 12.4. The van der Waals surface area contributed by atoms with Gasteiger partial charge >= 0.3 is 0 Å². The normalized spacial score (nSPS) is 18.2. The Balaban J connectivity index is 0.00000200. The van der Waals surface area contributed by atoms with Crippen LogP contribution in [0.25, 0.3) is 0 Å². The Hall–Kier alpha value is -1.59. The van der Waals surface area contributed by atoms with E-state index in [2.05, 4.69) is 5.32 Å². The van der Waals surface area contributed by atoms with Crippen molar-refractivity contribution >= 4 is 24.2 Å². The standard InChI is InChI=1S/C14H19N3O2.ClH/c1-16-12-6-3-7-17(9-12)14(19)11-5-2-4-10(8-11)13(15)18;/h2,4-5,8,12,16H,3,6-7,9H2,1H3,(H2,15,18);1H. The summed E-state index contributed by atoms with van der Waals surface area (Å²) in [5.41, 5.74) is 6.12. The Morgan fingerprint density at radius 1 is 1.35 bits per heavy atom. The van der Waals surface area contributed by atoms with Gasteiger partial charge < -0.3 is 16.0 Å². The smallest absolute Gasteiger partial charge is 0.253 e. The molecule has 0 aliphatic carbocycles. The number of amides is 2. The zero-order valence-electron chi connectivity index (χ0n) is 11.5. The van der Waals surface area contributed by atoms with Gasteiger partial charge in [-0.25, -0.2) is 0 Å². The number of rotatable bonds is 3. The molecule has 5 nitrogen and oxygen atoms in total. The number of halogens is 1. The van der Waals surface area contributed by atoms with Gasteiger partial charge in [0, 0.05) is 30.3 Å². The number of hydrogen-bond acceptors (Lipinski definition) is 3. The van der Waals surface area contributed by atoms with Crippen molar-refractivity contribution in [3.8, 4) is 0 Å². The molecule has 2 amide bonds. The molecule has 1 atom stereocenters. The summed E-state index contributed by atoms with van der Waals surface area (Å²) in [5, 5.41) is 3.20. The van der Waals surface area contributed by atoms with Crippen LogP contribution in [0.1, 0.15) is 33.6 Å². The Bertz CT molecular complexity index is 493.